The Balaban J connectivity index is 1.81. The molecule has 0 aliphatic carbocycles. The molecule has 0 spiro atoms. The number of nitrogens with zero attached hydrogens (tertiary/aromatic N) is 1. The first-order valence-electron chi connectivity index (χ1n) is 4.88. The van der Waals surface area contributed by atoms with E-state index in [1.807, 2.05) is 5.38 Å². The average molecular weight is 288 g/mol. The van der Waals surface area contributed by atoms with Crippen LogP contribution in [-0.2, 0) is 6.42 Å². The number of hydrogen-bond donors (Lipinski definition) is 2. The summed E-state index contributed by atoms with van der Waals surface area (Å²) in [6.07, 6.45) is 0.679. The second kappa shape index (κ2) is 5.48. The van der Waals surface area contributed by atoms with Gasteiger partial charge in [0.05, 0.1) is 14.9 Å². The fraction of sp³-hybridized carbons (Fsp3) is 0.200. The van der Waals surface area contributed by atoms with E-state index in [9.17, 15) is 4.79 Å². The molecule has 17 heavy (non-hydrogen) atoms. The van der Waals surface area contributed by atoms with E-state index in [1.165, 1.54) is 22.7 Å². The van der Waals surface area contributed by atoms with Gasteiger partial charge >= 0.3 is 0 Å². The highest BCUT2D eigenvalue weighted by molar-refractivity contribution is 7.18. The molecule has 0 saturated carbocycles. The zero-order chi connectivity index (χ0) is 12.3. The molecule has 0 atom stereocenters. The minimum absolute atomic E-state index is 0.106. The molecular weight excluding hydrogens is 278 g/mol. The topological polar surface area (TPSA) is 68.0 Å². The number of anilines is 1. The number of carbonyl (C=O) groups excluding carboxylic acids is 1. The maximum Gasteiger partial charge on any atom is 0.261 e. The predicted molar refractivity (Wildman–Crippen MR) is 71.9 cm³/mol. The lowest BCUT2D eigenvalue weighted by Crippen LogP contribution is -2.24. The highest BCUT2D eigenvalue weighted by Gasteiger charge is 2.08. The van der Waals surface area contributed by atoms with Gasteiger partial charge < -0.3 is 11.1 Å². The second-order valence-electron chi connectivity index (χ2n) is 3.29. The van der Waals surface area contributed by atoms with Gasteiger partial charge in [0.15, 0.2) is 5.13 Å². The summed E-state index contributed by atoms with van der Waals surface area (Å²) in [5.74, 6) is -0.106. The summed E-state index contributed by atoms with van der Waals surface area (Å²) in [4.78, 5) is 16.4. The van der Waals surface area contributed by atoms with Crippen LogP contribution in [0.5, 0.6) is 0 Å². The molecule has 0 bridgehead atoms. The molecule has 0 fully saturated rings. The highest BCUT2D eigenvalue weighted by atomic mass is 35.5. The molecule has 0 saturated heterocycles. The van der Waals surface area contributed by atoms with Gasteiger partial charge in [-0.05, 0) is 12.1 Å². The van der Waals surface area contributed by atoms with Crippen molar-refractivity contribution in [2.45, 2.75) is 6.42 Å². The third-order valence-corrected chi connectivity index (χ3v) is 3.99. The number of rotatable bonds is 4. The summed E-state index contributed by atoms with van der Waals surface area (Å²) < 4.78 is 0.613. The average Bonchev–Trinajstić information content (AvgIpc) is 2.88. The van der Waals surface area contributed by atoms with Crippen LogP contribution in [0.15, 0.2) is 17.5 Å². The van der Waals surface area contributed by atoms with Crippen molar-refractivity contribution in [1.82, 2.24) is 10.3 Å². The quantitative estimate of drug-likeness (QED) is 0.907. The van der Waals surface area contributed by atoms with Crippen molar-refractivity contribution in [2.24, 2.45) is 0 Å². The van der Waals surface area contributed by atoms with E-state index >= 15 is 0 Å². The Morgan fingerprint density at radius 2 is 2.35 bits per heavy atom. The molecule has 2 heterocycles. The molecule has 2 aromatic heterocycles. The molecule has 2 rings (SSSR count). The molecule has 4 nitrogen and oxygen atoms in total. The van der Waals surface area contributed by atoms with E-state index in [0.717, 1.165) is 5.69 Å². The van der Waals surface area contributed by atoms with Gasteiger partial charge in [-0.25, -0.2) is 4.98 Å². The molecule has 0 aliphatic rings. The molecule has 0 unspecified atom stereocenters. The first-order chi connectivity index (χ1) is 8.15. The van der Waals surface area contributed by atoms with Crippen molar-refractivity contribution < 1.29 is 4.79 Å². The SMILES string of the molecule is Nc1nc(CCNC(=O)c2ccc(Cl)s2)cs1. The fourth-order valence-corrected chi connectivity index (χ4v) is 2.82. The molecular formula is C10H10ClN3OS2. The van der Waals surface area contributed by atoms with Crippen molar-refractivity contribution in [3.63, 3.8) is 0 Å². The van der Waals surface area contributed by atoms with E-state index in [2.05, 4.69) is 10.3 Å². The number of nitrogens with one attached hydrogen (secondary N) is 1. The van der Waals surface area contributed by atoms with Crippen LogP contribution in [0.2, 0.25) is 4.34 Å². The van der Waals surface area contributed by atoms with Crippen molar-refractivity contribution in [3.05, 3.63) is 32.4 Å². The van der Waals surface area contributed by atoms with Crippen molar-refractivity contribution in [1.29, 1.82) is 0 Å². The van der Waals surface area contributed by atoms with Crippen LogP contribution >= 0.6 is 34.3 Å². The van der Waals surface area contributed by atoms with Crippen LogP contribution < -0.4 is 11.1 Å². The summed E-state index contributed by atoms with van der Waals surface area (Å²) >= 11 is 8.42. The largest absolute Gasteiger partial charge is 0.375 e. The smallest absolute Gasteiger partial charge is 0.261 e. The maximum atomic E-state index is 11.7. The maximum absolute atomic E-state index is 11.7. The Labute approximate surface area is 111 Å². The number of carbonyl (C=O) groups is 1. The predicted octanol–water partition coefficient (Wildman–Crippen LogP) is 2.41. The molecule has 1 amide bonds. The lowest BCUT2D eigenvalue weighted by molar-refractivity contribution is 0.0958. The van der Waals surface area contributed by atoms with Gasteiger partial charge in [-0.15, -0.1) is 22.7 Å². The van der Waals surface area contributed by atoms with Crippen molar-refractivity contribution in [3.8, 4) is 0 Å². The number of hydrogen-bond acceptors (Lipinski definition) is 5. The number of halogens is 1. The Kier molecular flexibility index (Phi) is 3.98. The molecule has 90 valence electrons. The van der Waals surface area contributed by atoms with Gasteiger partial charge in [-0.2, -0.15) is 0 Å². The van der Waals surface area contributed by atoms with E-state index in [4.69, 9.17) is 17.3 Å². The Morgan fingerprint density at radius 3 is 2.94 bits per heavy atom. The number of nitrogens with two attached hydrogens (primary N) is 1. The number of thiazole rings is 1. The molecule has 0 radical (unpaired) electrons. The Morgan fingerprint density at radius 1 is 1.53 bits per heavy atom. The minimum atomic E-state index is -0.106. The van der Waals surface area contributed by atoms with Gasteiger partial charge in [0.1, 0.15) is 0 Å². The molecule has 0 aromatic carbocycles. The van der Waals surface area contributed by atoms with E-state index in [0.29, 0.717) is 27.3 Å². The monoisotopic (exact) mass is 287 g/mol. The Hall–Kier alpha value is -1.11. The first-order valence-corrected chi connectivity index (χ1v) is 6.96. The molecule has 3 N–H and O–H groups in total. The normalized spacial score (nSPS) is 10.4. The third kappa shape index (κ3) is 3.42. The number of amides is 1. The summed E-state index contributed by atoms with van der Waals surface area (Å²) in [5.41, 5.74) is 6.41. The van der Waals surface area contributed by atoms with Crippen LogP contribution in [0.4, 0.5) is 5.13 Å². The van der Waals surface area contributed by atoms with Crippen LogP contribution in [0.1, 0.15) is 15.4 Å². The lowest BCUT2D eigenvalue weighted by atomic mass is 10.3. The molecule has 2 aromatic rings. The summed E-state index contributed by atoms with van der Waals surface area (Å²) in [6.45, 7) is 0.539. The number of nitrogen functional groups attached to an aromatic ring is 1. The van der Waals surface area contributed by atoms with Gasteiger partial charge in [0.2, 0.25) is 0 Å². The highest BCUT2D eigenvalue weighted by Crippen LogP contribution is 2.21. The zero-order valence-electron chi connectivity index (χ0n) is 8.77. The van der Waals surface area contributed by atoms with Gasteiger partial charge in [-0.3, -0.25) is 4.79 Å². The van der Waals surface area contributed by atoms with E-state index < -0.39 is 0 Å². The van der Waals surface area contributed by atoms with E-state index in [1.54, 1.807) is 12.1 Å². The van der Waals surface area contributed by atoms with Crippen LogP contribution in [0.25, 0.3) is 0 Å². The van der Waals surface area contributed by atoms with Crippen molar-refractivity contribution in [2.75, 3.05) is 12.3 Å². The van der Waals surface area contributed by atoms with Crippen LogP contribution in [-0.4, -0.2) is 17.4 Å². The van der Waals surface area contributed by atoms with Gasteiger partial charge in [0, 0.05) is 18.3 Å². The minimum Gasteiger partial charge on any atom is -0.375 e. The Bertz CT molecular complexity index is 523. The van der Waals surface area contributed by atoms with Gasteiger partial charge in [-0.1, -0.05) is 11.6 Å². The van der Waals surface area contributed by atoms with Crippen LogP contribution in [0, 0.1) is 0 Å². The second-order valence-corrected chi connectivity index (χ2v) is 5.89. The number of aromatic nitrogens is 1. The lowest BCUT2D eigenvalue weighted by Gasteiger charge is -2.01. The number of thiophene rings is 1. The van der Waals surface area contributed by atoms with E-state index in [-0.39, 0.29) is 5.91 Å². The summed E-state index contributed by atoms with van der Waals surface area (Å²) in [5, 5.41) is 5.25. The summed E-state index contributed by atoms with van der Waals surface area (Å²) in [6, 6.07) is 3.42. The van der Waals surface area contributed by atoms with Gasteiger partial charge in [0.25, 0.3) is 5.91 Å². The van der Waals surface area contributed by atoms with Crippen LogP contribution in [0.3, 0.4) is 0 Å². The van der Waals surface area contributed by atoms with Crippen molar-refractivity contribution >= 4 is 45.3 Å². The fourth-order valence-electron chi connectivity index (χ4n) is 1.27. The standard InChI is InChI=1S/C10H10ClN3OS2/c11-8-2-1-7(17-8)9(15)13-4-3-6-5-16-10(12)14-6/h1-2,5H,3-4H2,(H2,12,14)(H,13,15). The zero-order valence-corrected chi connectivity index (χ0v) is 11.2. The molecule has 0 aliphatic heterocycles. The third-order valence-electron chi connectivity index (χ3n) is 2.03. The first kappa shape index (κ1) is 12.3. The molecule has 7 heteroatoms. The summed E-state index contributed by atoms with van der Waals surface area (Å²) in [7, 11) is 0.